The van der Waals surface area contributed by atoms with Crippen LogP contribution in [0.2, 0.25) is 0 Å². The van der Waals surface area contributed by atoms with Gasteiger partial charge >= 0.3 is 0 Å². The molecule has 0 radical (unpaired) electrons. The van der Waals surface area contributed by atoms with Gasteiger partial charge in [0.2, 0.25) is 0 Å². The van der Waals surface area contributed by atoms with Gasteiger partial charge in [-0.05, 0) is 68.5 Å². The molecule has 0 spiro atoms. The van der Waals surface area contributed by atoms with E-state index in [0.29, 0.717) is 0 Å². The second-order valence-electron chi connectivity index (χ2n) is 5.56. The highest BCUT2D eigenvalue weighted by Crippen LogP contribution is 2.32. The van der Waals surface area contributed by atoms with E-state index in [4.69, 9.17) is 0 Å². The molecule has 1 unspecified atom stereocenters. The number of anilines is 1. The Kier molecular flexibility index (Phi) is 7.07. The van der Waals surface area contributed by atoms with E-state index < -0.39 is 0 Å². The number of benzene rings is 1. The SMILES string of the molecule is Cl.Cl.Fc1ccc(N2CCC(C3CCNCC3)C2)cc1. The summed E-state index contributed by atoms with van der Waals surface area (Å²) < 4.78 is 12.9. The first-order valence-corrected chi connectivity index (χ1v) is 7.04. The molecular weight excluding hydrogens is 298 g/mol. The lowest BCUT2D eigenvalue weighted by molar-refractivity contribution is 0.276. The quantitative estimate of drug-likeness (QED) is 0.897. The lowest BCUT2D eigenvalue weighted by atomic mass is 9.84. The second-order valence-corrected chi connectivity index (χ2v) is 5.56. The molecule has 1 N–H and O–H groups in total. The van der Waals surface area contributed by atoms with Crippen LogP contribution in [0.1, 0.15) is 19.3 Å². The summed E-state index contributed by atoms with van der Waals surface area (Å²) in [5, 5.41) is 3.43. The second kappa shape index (κ2) is 8.06. The highest BCUT2D eigenvalue weighted by atomic mass is 35.5. The lowest BCUT2D eigenvalue weighted by Crippen LogP contribution is -2.32. The average Bonchev–Trinajstić information content (AvgIpc) is 2.90. The minimum atomic E-state index is -0.146. The smallest absolute Gasteiger partial charge is 0.123 e. The van der Waals surface area contributed by atoms with Gasteiger partial charge in [-0.25, -0.2) is 4.39 Å². The standard InChI is InChI=1S/C15H21FN2.2ClH/c16-14-1-3-15(4-2-14)18-10-7-13(11-18)12-5-8-17-9-6-12;;/h1-4,12-13,17H,5-11H2;2*1H. The van der Waals surface area contributed by atoms with Crippen molar-refractivity contribution in [3.8, 4) is 0 Å². The van der Waals surface area contributed by atoms with Crippen molar-refractivity contribution in [2.24, 2.45) is 11.8 Å². The monoisotopic (exact) mass is 320 g/mol. The molecule has 0 aromatic heterocycles. The third-order valence-corrected chi connectivity index (χ3v) is 4.47. The predicted octanol–water partition coefficient (Wildman–Crippen LogP) is 3.50. The van der Waals surface area contributed by atoms with Crippen molar-refractivity contribution < 1.29 is 4.39 Å². The normalized spacial score (nSPS) is 23.1. The maximum absolute atomic E-state index is 12.9. The molecule has 0 saturated carbocycles. The molecule has 2 nitrogen and oxygen atoms in total. The largest absolute Gasteiger partial charge is 0.371 e. The number of hydrogen-bond acceptors (Lipinski definition) is 2. The molecule has 2 heterocycles. The summed E-state index contributed by atoms with van der Waals surface area (Å²) in [6.07, 6.45) is 3.94. The number of piperidine rings is 1. The Morgan fingerprint density at radius 3 is 2.25 bits per heavy atom. The van der Waals surface area contributed by atoms with Gasteiger partial charge < -0.3 is 10.2 Å². The molecule has 1 atom stereocenters. The summed E-state index contributed by atoms with van der Waals surface area (Å²) in [7, 11) is 0. The number of nitrogens with one attached hydrogen (secondary N) is 1. The van der Waals surface area contributed by atoms with E-state index >= 15 is 0 Å². The first-order chi connectivity index (χ1) is 8.83. The first kappa shape index (κ1) is 17.5. The summed E-state index contributed by atoms with van der Waals surface area (Å²) in [5.41, 5.74) is 1.17. The zero-order chi connectivity index (χ0) is 12.4. The Morgan fingerprint density at radius 2 is 1.60 bits per heavy atom. The van der Waals surface area contributed by atoms with E-state index in [2.05, 4.69) is 10.2 Å². The number of rotatable bonds is 2. The molecular formula is C15H23Cl2FN2. The van der Waals surface area contributed by atoms with Gasteiger partial charge in [0, 0.05) is 18.8 Å². The van der Waals surface area contributed by atoms with Gasteiger partial charge in [0.25, 0.3) is 0 Å². The molecule has 2 aliphatic heterocycles. The fourth-order valence-corrected chi connectivity index (χ4v) is 3.37. The zero-order valence-corrected chi connectivity index (χ0v) is 13.2. The van der Waals surface area contributed by atoms with Crippen molar-refractivity contribution in [2.75, 3.05) is 31.1 Å². The van der Waals surface area contributed by atoms with E-state index in [9.17, 15) is 4.39 Å². The molecule has 114 valence electrons. The van der Waals surface area contributed by atoms with Gasteiger partial charge in [-0.2, -0.15) is 0 Å². The number of halogens is 3. The van der Waals surface area contributed by atoms with E-state index in [1.165, 1.54) is 38.0 Å². The van der Waals surface area contributed by atoms with Crippen molar-refractivity contribution in [2.45, 2.75) is 19.3 Å². The molecule has 20 heavy (non-hydrogen) atoms. The van der Waals surface area contributed by atoms with Crippen molar-refractivity contribution in [3.63, 3.8) is 0 Å². The molecule has 2 aliphatic rings. The zero-order valence-electron chi connectivity index (χ0n) is 11.6. The van der Waals surface area contributed by atoms with Gasteiger partial charge in [-0.1, -0.05) is 0 Å². The Morgan fingerprint density at radius 1 is 0.950 bits per heavy atom. The topological polar surface area (TPSA) is 15.3 Å². The van der Waals surface area contributed by atoms with Crippen LogP contribution in [-0.2, 0) is 0 Å². The Hall–Kier alpha value is -0.510. The van der Waals surface area contributed by atoms with Crippen LogP contribution < -0.4 is 10.2 Å². The van der Waals surface area contributed by atoms with Crippen LogP contribution in [-0.4, -0.2) is 26.2 Å². The fourth-order valence-electron chi connectivity index (χ4n) is 3.37. The fraction of sp³-hybridized carbons (Fsp3) is 0.600. The molecule has 0 aliphatic carbocycles. The van der Waals surface area contributed by atoms with Gasteiger partial charge in [0.1, 0.15) is 5.82 Å². The van der Waals surface area contributed by atoms with Crippen LogP contribution >= 0.6 is 24.8 Å². The number of nitrogens with zero attached hydrogens (tertiary/aromatic N) is 1. The molecule has 1 aromatic rings. The van der Waals surface area contributed by atoms with Crippen LogP contribution in [0.5, 0.6) is 0 Å². The molecule has 2 fully saturated rings. The predicted molar refractivity (Wildman–Crippen MR) is 86.8 cm³/mol. The van der Waals surface area contributed by atoms with Crippen molar-refractivity contribution in [3.05, 3.63) is 30.1 Å². The van der Waals surface area contributed by atoms with Gasteiger partial charge in [0.05, 0.1) is 0 Å². The van der Waals surface area contributed by atoms with Crippen LogP contribution in [0.15, 0.2) is 24.3 Å². The summed E-state index contributed by atoms with van der Waals surface area (Å²) >= 11 is 0. The van der Waals surface area contributed by atoms with E-state index in [1.54, 1.807) is 12.1 Å². The van der Waals surface area contributed by atoms with Crippen LogP contribution in [0.4, 0.5) is 10.1 Å². The Bertz CT molecular complexity index is 393. The van der Waals surface area contributed by atoms with Crippen molar-refractivity contribution >= 4 is 30.5 Å². The van der Waals surface area contributed by atoms with Crippen molar-refractivity contribution in [1.29, 1.82) is 0 Å². The third kappa shape index (κ3) is 4.00. The molecule has 2 saturated heterocycles. The summed E-state index contributed by atoms with van der Waals surface area (Å²) in [6.45, 7) is 4.63. The van der Waals surface area contributed by atoms with Crippen molar-refractivity contribution in [1.82, 2.24) is 5.32 Å². The minimum Gasteiger partial charge on any atom is -0.371 e. The molecule has 5 heteroatoms. The van der Waals surface area contributed by atoms with Crippen LogP contribution in [0.25, 0.3) is 0 Å². The Labute approximate surface area is 132 Å². The highest BCUT2D eigenvalue weighted by Gasteiger charge is 2.30. The minimum absolute atomic E-state index is 0. The van der Waals surface area contributed by atoms with E-state index in [-0.39, 0.29) is 30.6 Å². The molecule has 0 bridgehead atoms. The van der Waals surface area contributed by atoms with Gasteiger partial charge in [0.15, 0.2) is 0 Å². The highest BCUT2D eigenvalue weighted by molar-refractivity contribution is 5.85. The first-order valence-electron chi connectivity index (χ1n) is 7.04. The summed E-state index contributed by atoms with van der Waals surface area (Å²) in [6, 6.07) is 6.93. The molecule has 0 amide bonds. The number of hydrogen-bond donors (Lipinski definition) is 1. The average molecular weight is 321 g/mol. The van der Waals surface area contributed by atoms with Crippen LogP contribution in [0.3, 0.4) is 0 Å². The maximum Gasteiger partial charge on any atom is 0.123 e. The van der Waals surface area contributed by atoms with E-state index in [0.717, 1.165) is 24.9 Å². The molecule has 1 aromatic carbocycles. The molecule has 3 rings (SSSR count). The lowest BCUT2D eigenvalue weighted by Gasteiger charge is -2.28. The van der Waals surface area contributed by atoms with Gasteiger partial charge in [-0.3, -0.25) is 0 Å². The summed E-state index contributed by atoms with van der Waals surface area (Å²) in [4.78, 5) is 2.41. The van der Waals surface area contributed by atoms with Crippen LogP contribution in [0, 0.1) is 17.7 Å². The van der Waals surface area contributed by atoms with Gasteiger partial charge in [-0.15, -0.1) is 24.8 Å². The Balaban J connectivity index is 0.000001000. The third-order valence-electron chi connectivity index (χ3n) is 4.47. The maximum atomic E-state index is 12.9. The summed E-state index contributed by atoms with van der Waals surface area (Å²) in [5.74, 6) is 1.57. The van der Waals surface area contributed by atoms with E-state index in [1.807, 2.05) is 12.1 Å².